The lowest BCUT2D eigenvalue weighted by Gasteiger charge is -2.17. The molecule has 0 radical (unpaired) electrons. The second kappa shape index (κ2) is 5.44. The highest BCUT2D eigenvalue weighted by Crippen LogP contribution is 2.20. The Morgan fingerprint density at radius 2 is 1.63 bits per heavy atom. The summed E-state index contributed by atoms with van der Waals surface area (Å²) in [5, 5.41) is 9.23. The Morgan fingerprint density at radius 3 is 2.16 bits per heavy atom. The van der Waals surface area contributed by atoms with E-state index in [4.69, 9.17) is 4.74 Å². The normalized spacial score (nSPS) is 10.0. The number of carbonyl (C=O) groups excluding carboxylic acids is 1. The number of anilines is 1. The van der Waals surface area contributed by atoms with Crippen molar-refractivity contribution in [3.63, 3.8) is 0 Å². The minimum absolute atomic E-state index is 0.117. The van der Waals surface area contributed by atoms with Crippen LogP contribution in [-0.4, -0.2) is 25.2 Å². The summed E-state index contributed by atoms with van der Waals surface area (Å²) in [5.74, 6) is 0.770. The summed E-state index contributed by atoms with van der Waals surface area (Å²) in [4.78, 5) is 13.8. The number of phenols is 1. The van der Waals surface area contributed by atoms with E-state index >= 15 is 0 Å². The molecule has 2 aromatic carbocycles. The number of aromatic hydroxyl groups is 1. The van der Waals surface area contributed by atoms with Gasteiger partial charge in [0.2, 0.25) is 0 Å². The molecule has 0 bridgehead atoms. The van der Waals surface area contributed by atoms with E-state index in [1.807, 2.05) is 0 Å². The van der Waals surface area contributed by atoms with Crippen LogP contribution in [0.2, 0.25) is 0 Å². The lowest BCUT2D eigenvalue weighted by molar-refractivity contribution is 0.0993. The average Bonchev–Trinajstić information content (AvgIpc) is 2.46. The zero-order chi connectivity index (χ0) is 13.8. The number of hydrogen-bond donors (Lipinski definition) is 1. The summed E-state index contributed by atoms with van der Waals surface area (Å²) >= 11 is 0. The molecule has 0 saturated heterocycles. The molecule has 0 aliphatic rings. The Balaban J connectivity index is 2.20. The first-order chi connectivity index (χ1) is 9.11. The van der Waals surface area contributed by atoms with E-state index in [-0.39, 0.29) is 11.7 Å². The van der Waals surface area contributed by atoms with Crippen molar-refractivity contribution in [2.45, 2.75) is 0 Å². The van der Waals surface area contributed by atoms with E-state index in [1.165, 1.54) is 4.90 Å². The molecule has 0 unspecified atom stereocenters. The molecule has 19 heavy (non-hydrogen) atoms. The van der Waals surface area contributed by atoms with Crippen molar-refractivity contribution in [2.24, 2.45) is 0 Å². The summed E-state index contributed by atoms with van der Waals surface area (Å²) in [6.45, 7) is 0. The molecule has 1 N–H and O–H groups in total. The van der Waals surface area contributed by atoms with Crippen LogP contribution in [0.3, 0.4) is 0 Å². The fraction of sp³-hybridized carbons (Fsp3) is 0.133. The SMILES string of the molecule is COc1ccc(C(=O)N(C)c2ccc(O)cc2)cc1. The molecule has 0 heterocycles. The van der Waals surface area contributed by atoms with Crippen molar-refractivity contribution >= 4 is 11.6 Å². The molecule has 0 saturated carbocycles. The zero-order valence-electron chi connectivity index (χ0n) is 10.8. The lowest BCUT2D eigenvalue weighted by Crippen LogP contribution is -2.25. The lowest BCUT2D eigenvalue weighted by atomic mass is 10.2. The van der Waals surface area contributed by atoms with Gasteiger partial charge in [0.25, 0.3) is 5.91 Å². The van der Waals surface area contributed by atoms with Gasteiger partial charge in [-0.1, -0.05) is 0 Å². The highest BCUT2D eigenvalue weighted by molar-refractivity contribution is 6.05. The summed E-state index contributed by atoms with van der Waals surface area (Å²) in [6, 6.07) is 13.4. The summed E-state index contributed by atoms with van der Waals surface area (Å²) in [6.07, 6.45) is 0. The van der Waals surface area contributed by atoms with E-state index in [9.17, 15) is 9.90 Å². The van der Waals surface area contributed by atoms with Gasteiger partial charge < -0.3 is 14.7 Å². The van der Waals surface area contributed by atoms with Gasteiger partial charge in [0.05, 0.1) is 7.11 Å². The first-order valence-electron chi connectivity index (χ1n) is 5.83. The van der Waals surface area contributed by atoms with Crippen molar-refractivity contribution in [1.82, 2.24) is 0 Å². The third-order valence-corrected chi connectivity index (χ3v) is 2.88. The molecule has 2 aromatic rings. The van der Waals surface area contributed by atoms with E-state index in [0.717, 1.165) is 5.69 Å². The second-order valence-corrected chi connectivity index (χ2v) is 4.11. The smallest absolute Gasteiger partial charge is 0.258 e. The maximum absolute atomic E-state index is 12.3. The molecule has 0 spiro atoms. The number of carbonyl (C=O) groups is 1. The summed E-state index contributed by atoms with van der Waals surface area (Å²) in [7, 11) is 3.28. The first-order valence-corrected chi connectivity index (χ1v) is 5.83. The maximum atomic E-state index is 12.3. The van der Waals surface area contributed by atoms with Crippen LogP contribution in [0.5, 0.6) is 11.5 Å². The fourth-order valence-electron chi connectivity index (χ4n) is 1.72. The Labute approximate surface area is 111 Å². The largest absolute Gasteiger partial charge is 0.508 e. The van der Waals surface area contributed by atoms with Crippen LogP contribution in [0.4, 0.5) is 5.69 Å². The minimum atomic E-state index is -0.117. The standard InChI is InChI=1S/C15H15NO3/c1-16(12-5-7-13(17)8-6-12)15(18)11-3-9-14(19-2)10-4-11/h3-10,17H,1-2H3. The van der Waals surface area contributed by atoms with Crippen LogP contribution in [0.25, 0.3) is 0 Å². The van der Waals surface area contributed by atoms with Gasteiger partial charge in [-0.05, 0) is 48.5 Å². The number of amides is 1. The second-order valence-electron chi connectivity index (χ2n) is 4.11. The Bertz CT molecular complexity index is 561. The highest BCUT2D eigenvalue weighted by Gasteiger charge is 2.13. The van der Waals surface area contributed by atoms with Crippen LogP contribution in [0.15, 0.2) is 48.5 Å². The van der Waals surface area contributed by atoms with Gasteiger partial charge in [-0.15, -0.1) is 0 Å². The third-order valence-electron chi connectivity index (χ3n) is 2.88. The van der Waals surface area contributed by atoms with Gasteiger partial charge in [-0.2, -0.15) is 0 Å². The molecule has 4 heteroatoms. The zero-order valence-corrected chi connectivity index (χ0v) is 10.8. The van der Waals surface area contributed by atoms with E-state index in [0.29, 0.717) is 11.3 Å². The average molecular weight is 257 g/mol. The predicted molar refractivity (Wildman–Crippen MR) is 73.8 cm³/mol. The van der Waals surface area contributed by atoms with Gasteiger partial charge in [-0.25, -0.2) is 0 Å². The van der Waals surface area contributed by atoms with Crippen LogP contribution in [-0.2, 0) is 0 Å². The van der Waals surface area contributed by atoms with Crippen molar-refractivity contribution in [3.05, 3.63) is 54.1 Å². The monoisotopic (exact) mass is 257 g/mol. The van der Waals surface area contributed by atoms with Gasteiger partial charge in [0.15, 0.2) is 0 Å². The molecule has 0 aliphatic heterocycles. The number of methoxy groups -OCH3 is 1. The molecule has 2 rings (SSSR count). The first kappa shape index (κ1) is 13.0. The fourth-order valence-corrected chi connectivity index (χ4v) is 1.72. The third kappa shape index (κ3) is 2.85. The number of hydrogen-bond acceptors (Lipinski definition) is 3. The molecular formula is C15H15NO3. The molecule has 0 aliphatic carbocycles. The van der Waals surface area contributed by atoms with Crippen molar-refractivity contribution in [3.8, 4) is 11.5 Å². The highest BCUT2D eigenvalue weighted by atomic mass is 16.5. The van der Waals surface area contributed by atoms with Gasteiger partial charge in [-0.3, -0.25) is 4.79 Å². The predicted octanol–water partition coefficient (Wildman–Crippen LogP) is 2.68. The van der Waals surface area contributed by atoms with E-state index < -0.39 is 0 Å². The van der Waals surface area contributed by atoms with Crippen molar-refractivity contribution < 1.29 is 14.6 Å². The quantitative estimate of drug-likeness (QED) is 0.919. The molecule has 0 fully saturated rings. The minimum Gasteiger partial charge on any atom is -0.508 e. The van der Waals surface area contributed by atoms with Gasteiger partial charge in [0, 0.05) is 18.3 Å². The summed E-state index contributed by atoms with van der Waals surface area (Å²) in [5.41, 5.74) is 1.30. The number of ether oxygens (including phenoxy) is 1. The molecule has 0 atom stereocenters. The molecule has 4 nitrogen and oxygen atoms in total. The number of rotatable bonds is 3. The van der Waals surface area contributed by atoms with Crippen LogP contribution < -0.4 is 9.64 Å². The Morgan fingerprint density at radius 1 is 1.05 bits per heavy atom. The molecular weight excluding hydrogens is 242 g/mol. The summed E-state index contributed by atoms with van der Waals surface area (Å²) < 4.78 is 5.05. The van der Waals surface area contributed by atoms with Gasteiger partial charge >= 0.3 is 0 Å². The molecule has 0 aromatic heterocycles. The van der Waals surface area contributed by atoms with Crippen molar-refractivity contribution in [1.29, 1.82) is 0 Å². The van der Waals surface area contributed by atoms with Gasteiger partial charge in [0.1, 0.15) is 11.5 Å². The van der Waals surface area contributed by atoms with E-state index in [1.54, 1.807) is 62.7 Å². The van der Waals surface area contributed by atoms with Crippen LogP contribution in [0.1, 0.15) is 10.4 Å². The topological polar surface area (TPSA) is 49.8 Å². The maximum Gasteiger partial charge on any atom is 0.258 e. The number of nitrogens with zero attached hydrogens (tertiary/aromatic N) is 1. The number of benzene rings is 2. The Hall–Kier alpha value is -2.49. The van der Waals surface area contributed by atoms with Crippen LogP contribution >= 0.6 is 0 Å². The molecule has 98 valence electrons. The Kier molecular flexibility index (Phi) is 3.71. The van der Waals surface area contributed by atoms with Crippen molar-refractivity contribution in [2.75, 3.05) is 19.1 Å². The number of phenolic OH excluding ortho intramolecular Hbond substituents is 1. The molecule has 1 amide bonds. The van der Waals surface area contributed by atoms with E-state index in [2.05, 4.69) is 0 Å². The van der Waals surface area contributed by atoms with Crippen LogP contribution in [0, 0.1) is 0 Å².